The summed E-state index contributed by atoms with van der Waals surface area (Å²) in [7, 11) is 0. The zero-order valence-electron chi connectivity index (χ0n) is 18.7. The van der Waals surface area contributed by atoms with Crippen LogP contribution in [0.2, 0.25) is 0 Å². The highest BCUT2D eigenvalue weighted by atomic mass is 16.5. The van der Waals surface area contributed by atoms with Crippen LogP contribution in [0.4, 0.5) is 4.79 Å². The number of hydrogen-bond donors (Lipinski definition) is 3. The molecule has 0 aliphatic heterocycles. The van der Waals surface area contributed by atoms with Gasteiger partial charge in [-0.25, -0.2) is 9.59 Å². The Morgan fingerprint density at radius 3 is 2.12 bits per heavy atom. The van der Waals surface area contributed by atoms with E-state index in [1.165, 1.54) is 13.8 Å². The molecule has 7 nitrogen and oxygen atoms in total. The van der Waals surface area contributed by atoms with Crippen LogP contribution in [-0.4, -0.2) is 41.3 Å². The number of fused-ring (bicyclic) bond motifs is 3. The van der Waals surface area contributed by atoms with Crippen molar-refractivity contribution in [1.82, 2.24) is 10.6 Å². The maximum Gasteiger partial charge on any atom is 0.407 e. The van der Waals surface area contributed by atoms with Gasteiger partial charge in [0.1, 0.15) is 18.2 Å². The first-order valence-electron chi connectivity index (χ1n) is 10.9. The van der Waals surface area contributed by atoms with Gasteiger partial charge in [-0.2, -0.15) is 0 Å². The molecular weight excluding hydrogens is 408 g/mol. The first kappa shape index (κ1) is 23.3. The number of alkyl carbamates (subject to hydrolysis) is 1. The number of carboxylic acid groups (broad SMARTS) is 1. The third kappa shape index (κ3) is 5.10. The molecule has 0 saturated heterocycles. The van der Waals surface area contributed by atoms with Crippen molar-refractivity contribution in [3.8, 4) is 11.1 Å². The number of ether oxygens (including phenoxy) is 1. The van der Waals surface area contributed by atoms with Crippen molar-refractivity contribution < 1.29 is 24.2 Å². The standard InChI is InChI=1S/C25H30N2O5/c1-4-5-14-21(22(28)27-25(2,3)23(29)30)26-24(31)32-15-20-18-12-8-6-10-16(18)17-11-7-9-13-19(17)20/h6-13,20-21H,4-5,14-15H2,1-3H3,(H,26,31)(H,27,28)(H,29,30)/t21-/m0/s1. The van der Waals surface area contributed by atoms with Crippen LogP contribution in [-0.2, 0) is 14.3 Å². The lowest BCUT2D eigenvalue weighted by Crippen LogP contribution is -2.56. The Balaban J connectivity index is 1.67. The summed E-state index contributed by atoms with van der Waals surface area (Å²) in [5.41, 5.74) is 3.03. The number of hydrogen-bond acceptors (Lipinski definition) is 4. The van der Waals surface area contributed by atoms with E-state index in [1.54, 1.807) is 0 Å². The topological polar surface area (TPSA) is 105 Å². The third-order valence-electron chi connectivity index (χ3n) is 5.77. The van der Waals surface area contributed by atoms with Gasteiger partial charge >= 0.3 is 12.1 Å². The highest BCUT2D eigenvalue weighted by Crippen LogP contribution is 2.44. The third-order valence-corrected chi connectivity index (χ3v) is 5.77. The monoisotopic (exact) mass is 438 g/mol. The fourth-order valence-corrected chi connectivity index (χ4v) is 3.91. The molecule has 32 heavy (non-hydrogen) atoms. The molecule has 7 heteroatoms. The number of aliphatic carboxylic acids is 1. The van der Waals surface area contributed by atoms with Crippen molar-refractivity contribution in [2.24, 2.45) is 0 Å². The minimum atomic E-state index is -1.44. The number of unbranched alkanes of at least 4 members (excludes halogenated alkanes) is 1. The molecule has 3 rings (SSSR count). The van der Waals surface area contributed by atoms with Crippen LogP contribution in [0.25, 0.3) is 11.1 Å². The molecule has 1 atom stereocenters. The molecule has 170 valence electrons. The molecule has 0 radical (unpaired) electrons. The van der Waals surface area contributed by atoms with Crippen LogP contribution in [0.15, 0.2) is 48.5 Å². The van der Waals surface area contributed by atoms with Crippen LogP contribution < -0.4 is 10.6 Å². The van der Waals surface area contributed by atoms with E-state index in [2.05, 4.69) is 22.8 Å². The van der Waals surface area contributed by atoms with Crippen LogP contribution in [0.5, 0.6) is 0 Å². The summed E-state index contributed by atoms with van der Waals surface area (Å²) < 4.78 is 5.53. The summed E-state index contributed by atoms with van der Waals surface area (Å²) in [6, 6.07) is 15.2. The minimum Gasteiger partial charge on any atom is -0.480 e. The van der Waals surface area contributed by atoms with E-state index in [0.29, 0.717) is 12.8 Å². The Hall–Kier alpha value is -3.35. The first-order chi connectivity index (χ1) is 15.2. The summed E-state index contributed by atoms with van der Waals surface area (Å²) in [6.45, 7) is 4.92. The van der Waals surface area contributed by atoms with E-state index in [0.717, 1.165) is 28.7 Å². The van der Waals surface area contributed by atoms with Gasteiger partial charge < -0.3 is 20.5 Å². The lowest BCUT2D eigenvalue weighted by Gasteiger charge is -2.25. The number of nitrogens with one attached hydrogen (secondary N) is 2. The second-order valence-corrected chi connectivity index (χ2v) is 8.58. The molecule has 0 heterocycles. The van der Waals surface area contributed by atoms with Crippen LogP contribution in [0.3, 0.4) is 0 Å². The number of carboxylic acids is 1. The Morgan fingerprint density at radius 2 is 1.59 bits per heavy atom. The van der Waals surface area contributed by atoms with Crippen molar-refractivity contribution in [3.63, 3.8) is 0 Å². The molecule has 0 saturated carbocycles. The van der Waals surface area contributed by atoms with Crippen molar-refractivity contribution in [1.29, 1.82) is 0 Å². The zero-order valence-corrected chi connectivity index (χ0v) is 18.7. The maximum atomic E-state index is 12.6. The van der Waals surface area contributed by atoms with E-state index in [9.17, 15) is 19.5 Å². The molecule has 0 fully saturated rings. The van der Waals surface area contributed by atoms with Crippen molar-refractivity contribution in [3.05, 3.63) is 59.7 Å². The molecular formula is C25H30N2O5. The smallest absolute Gasteiger partial charge is 0.407 e. The number of amides is 2. The van der Waals surface area contributed by atoms with E-state index in [4.69, 9.17) is 4.74 Å². The zero-order chi connectivity index (χ0) is 23.3. The van der Waals surface area contributed by atoms with Gasteiger partial charge in [0.15, 0.2) is 0 Å². The molecule has 0 bridgehead atoms. The maximum absolute atomic E-state index is 12.6. The van der Waals surface area contributed by atoms with Crippen LogP contribution in [0.1, 0.15) is 57.1 Å². The summed E-state index contributed by atoms with van der Waals surface area (Å²) in [4.78, 5) is 36.6. The number of carbonyl (C=O) groups is 3. The quantitative estimate of drug-likeness (QED) is 0.548. The molecule has 0 aromatic heterocycles. The number of rotatable bonds is 9. The highest BCUT2D eigenvalue weighted by Gasteiger charge is 2.33. The van der Waals surface area contributed by atoms with Gasteiger partial charge in [0, 0.05) is 5.92 Å². The number of carbonyl (C=O) groups excluding carboxylic acids is 2. The van der Waals surface area contributed by atoms with Gasteiger partial charge in [-0.15, -0.1) is 0 Å². The predicted molar refractivity (Wildman–Crippen MR) is 121 cm³/mol. The normalized spacial score (nSPS) is 13.6. The average molecular weight is 439 g/mol. The molecule has 2 aromatic rings. The molecule has 2 aromatic carbocycles. The summed E-state index contributed by atoms with van der Waals surface area (Å²) in [5.74, 6) is -1.78. The first-order valence-corrected chi connectivity index (χ1v) is 10.9. The molecule has 1 aliphatic rings. The van der Waals surface area contributed by atoms with E-state index in [1.807, 2.05) is 43.3 Å². The van der Waals surface area contributed by atoms with Crippen molar-refractivity contribution in [2.75, 3.05) is 6.61 Å². The largest absolute Gasteiger partial charge is 0.480 e. The van der Waals surface area contributed by atoms with E-state index in [-0.39, 0.29) is 12.5 Å². The van der Waals surface area contributed by atoms with Gasteiger partial charge in [-0.3, -0.25) is 4.79 Å². The number of benzene rings is 2. The Labute approximate surface area is 188 Å². The van der Waals surface area contributed by atoms with Gasteiger partial charge in [0.05, 0.1) is 0 Å². The Morgan fingerprint density at radius 1 is 1.03 bits per heavy atom. The fraction of sp³-hybridized carbons (Fsp3) is 0.400. The van der Waals surface area contributed by atoms with Crippen LogP contribution >= 0.6 is 0 Å². The minimum absolute atomic E-state index is 0.0815. The second kappa shape index (κ2) is 9.85. The second-order valence-electron chi connectivity index (χ2n) is 8.58. The lowest BCUT2D eigenvalue weighted by molar-refractivity contribution is -0.146. The molecule has 3 N–H and O–H groups in total. The van der Waals surface area contributed by atoms with E-state index < -0.39 is 29.6 Å². The van der Waals surface area contributed by atoms with Gasteiger partial charge in [0.25, 0.3) is 0 Å². The van der Waals surface area contributed by atoms with Crippen molar-refractivity contribution >= 4 is 18.0 Å². The average Bonchev–Trinajstić information content (AvgIpc) is 3.08. The fourth-order valence-electron chi connectivity index (χ4n) is 3.91. The summed E-state index contributed by atoms with van der Waals surface area (Å²) in [6.07, 6.45) is 1.23. The van der Waals surface area contributed by atoms with Gasteiger partial charge in [-0.1, -0.05) is 68.3 Å². The Kier molecular flexibility index (Phi) is 7.18. The molecule has 0 spiro atoms. The van der Waals surface area contributed by atoms with Gasteiger partial charge in [0.2, 0.25) is 5.91 Å². The predicted octanol–water partition coefficient (Wildman–Crippen LogP) is 4.06. The van der Waals surface area contributed by atoms with E-state index >= 15 is 0 Å². The van der Waals surface area contributed by atoms with Crippen molar-refractivity contribution in [2.45, 2.75) is 57.5 Å². The highest BCUT2D eigenvalue weighted by molar-refractivity contribution is 5.90. The molecule has 2 amide bonds. The SMILES string of the molecule is CCCC[C@H](NC(=O)OCC1c2ccccc2-c2ccccc21)C(=O)NC(C)(C)C(=O)O. The summed E-state index contributed by atoms with van der Waals surface area (Å²) in [5, 5.41) is 14.4. The van der Waals surface area contributed by atoms with Gasteiger partial charge in [-0.05, 0) is 42.5 Å². The summed E-state index contributed by atoms with van der Waals surface area (Å²) >= 11 is 0. The molecule has 1 aliphatic carbocycles. The Bertz CT molecular complexity index is 956. The lowest BCUT2D eigenvalue weighted by atomic mass is 9.98. The van der Waals surface area contributed by atoms with Crippen LogP contribution in [0, 0.1) is 0 Å². The molecule has 0 unspecified atom stereocenters.